The molecular formula is C18H28N2O4S. The molecule has 1 aromatic carbocycles. The first-order valence-corrected chi connectivity index (χ1v) is 10.4. The molecule has 1 saturated carbocycles. The Balaban J connectivity index is 1.85. The number of carbonyl (C=O) groups excluding carboxylic acids is 1. The molecule has 0 heterocycles. The van der Waals surface area contributed by atoms with Gasteiger partial charge in [0.2, 0.25) is 15.9 Å². The molecule has 1 fully saturated rings. The normalized spacial score (nSPS) is 15.9. The highest BCUT2D eigenvalue weighted by molar-refractivity contribution is 7.89. The number of hydrogen-bond donors (Lipinski definition) is 2. The van der Waals surface area contributed by atoms with Crippen LogP contribution < -0.4 is 10.0 Å². The molecule has 0 unspecified atom stereocenters. The predicted octanol–water partition coefficient (Wildman–Crippen LogP) is 2.97. The van der Waals surface area contributed by atoms with Crippen LogP contribution in [0.15, 0.2) is 23.1 Å². The van der Waals surface area contributed by atoms with E-state index in [0.29, 0.717) is 36.9 Å². The van der Waals surface area contributed by atoms with Crippen molar-refractivity contribution < 1.29 is 17.9 Å². The molecule has 1 aliphatic carbocycles. The highest BCUT2D eigenvalue weighted by Gasteiger charge is 2.18. The first-order chi connectivity index (χ1) is 11.9. The number of sulfonamides is 1. The summed E-state index contributed by atoms with van der Waals surface area (Å²) in [5, 5.41) is 2.61. The van der Waals surface area contributed by atoms with Gasteiger partial charge in [-0.15, -0.1) is 0 Å². The van der Waals surface area contributed by atoms with Crippen molar-refractivity contribution in [3.05, 3.63) is 23.8 Å². The Labute approximate surface area is 150 Å². The third-order valence-corrected chi connectivity index (χ3v) is 5.92. The van der Waals surface area contributed by atoms with Crippen molar-refractivity contribution in [3.63, 3.8) is 0 Å². The van der Waals surface area contributed by atoms with Gasteiger partial charge in [0.25, 0.3) is 0 Å². The maximum Gasteiger partial charge on any atom is 0.240 e. The molecule has 140 valence electrons. The van der Waals surface area contributed by atoms with E-state index in [1.54, 1.807) is 19.1 Å². The topological polar surface area (TPSA) is 84.5 Å². The van der Waals surface area contributed by atoms with E-state index < -0.39 is 10.0 Å². The van der Waals surface area contributed by atoms with Gasteiger partial charge in [0.05, 0.1) is 11.0 Å². The number of ether oxygens (including phenoxy) is 1. The van der Waals surface area contributed by atoms with Crippen LogP contribution in [-0.2, 0) is 19.6 Å². The monoisotopic (exact) mass is 368 g/mol. The summed E-state index contributed by atoms with van der Waals surface area (Å²) in [6.07, 6.45) is 6.93. The summed E-state index contributed by atoms with van der Waals surface area (Å²) in [5.41, 5.74) is 1.11. The predicted molar refractivity (Wildman–Crippen MR) is 98.1 cm³/mol. The molecule has 0 spiro atoms. The fourth-order valence-electron chi connectivity index (χ4n) is 3.01. The Hall–Kier alpha value is -1.44. The molecule has 7 heteroatoms. The molecular weight excluding hydrogens is 340 g/mol. The molecule has 1 aliphatic rings. The molecule has 0 bridgehead atoms. The van der Waals surface area contributed by atoms with Crippen molar-refractivity contribution in [3.8, 4) is 0 Å². The number of amides is 1. The van der Waals surface area contributed by atoms with Crippen LogP contribution >= 0.6 is 0 Å². The number of aryl methyl sites for hydroxylation is 1. The molecule has 1 aromatic rings. The number of rotatable bonds is 8. The minimum Gasteiger partial charge on any atom is -0.378 e. The summed E-state index contributed by atoms with van der Waals surface area (Å²) in [6, 6.07) is 4.86. The summed E-state index contributed by atoms with van der Waals surface area (Å²) in [7, 11) is -3.61. The Bertz CT molecular complexity index is 682. The van der Waals surface area contributed by atoms with E-state index >= 15 is 0 Å². The van der Waals surface area contributed by atoms with Crippen molar-refractivity contribution in [2.45, 2.75) is 63.4 Å². The smallest absolute Gasteiger partial charge is 0.240 e. The second kappa shape index (κ2) is 9.31. The number of nitrogens with one attached hydrogen (secondary N) is 2. The average Bonchev–Trinajstić information content (AvgIpc) is 2.56. The number of benzene rings is 1. The van der Waals surface area contributed by atoms with Crippen molar-refractivity contribution in [2.75, 3.05) is 18.5 Å². The van der Waals surface area contributed by atoms with Crippen molar-refractivity contribution in [2.24, 2.45) is 0 Å². The first kappa shape index (κ1) is 19.9. The maximum absolute atomic E-state index is 12.5. The van der Waals surface area contributed by atoms with Crippen LogP contribution in [-0.4, -0.2) is 33.6 Å². The summed E-state index contributed by atoms with van der Waals surface area (Å²) in [5.74, 6) is -0.236. The molecule has 2 rings (SSSR count). The Morgan fingerprint density at radius 2 is 1.96 bits per heavy atom. The fraction of sp³-hybridized carbons (Fsp3) is 0.611. The molecule has 0 aromatic heterocycles. The SMILES string of the molecule is CC(=O)Nc1ccc(C)c(S(=O)(=O)NCCCOC2CCCCC2)c1. The van der Waals surface area contributed by atoms with Crippen LogP contribution in [0.2, 0.25) is 0 Å². The summed E-state index contributed by atoms with van der Waals surface area (Å²) < 4.78 is 33.4. The average molecular weight is 368 g/mol. The van der Waals surface area contributed by atoms with Crippen molar-refractivity contribution in [1.82, 2.24) is 4.72 Å². The molecule has 6 nitrogen and oxygen atoms in total. The molecule has 1 amide bonds. The zero-order valence-electron chi connectivity index (χ0n) is 15.0. The lowest BCUT2D eigenvalue weighted by Gasteiger charge is -2.21. The van der Waals surface area contributed by atoms with E-state index in [0.717, 1.165) is 12.8 Å². The van der Waals surface area contributed by atoms with Gasteiger partial charge in [-0.25, -0.2) is 13.1 Å². The zero-order valence-corrected chi connectivity index (χ0v) is 15.8. The van der Waals surface area contributed by atoms with E-state index in [4.69, 9.17) is 4.74 Å². The maximum atomic E-state index is 12.5. The number of carbonyl (C=O) groups is 1. The highest BCUT2D eigenvalue weighted by Crippen LogP contribution is 2.21. The van der Waals surface area contributed by atoms with E-state index in [-0.39, 0.29) is 10.8 Å². The third-order valence-electron chi connectivity index (χ3n) is 4.32. The Morgan fingerprint density at radius 1 is 1.24 bits per heavy atom. The lowest BCUT2D eigenvalue weighted by molar-refractivity contribution is -0.114. The molecule has 0 aliphatic heterocycles. The zero-order chi connectivity index (χ0) is 18.3. The van der Waals surface area contributed by atoms with Gasteiger partial charge in [0, 0.05) is 25.8 Å². The number of anilines is 1. The van der Waals surface area contributed by atoms with Gasteiger partial charge in [0.15, 0.2) is 0 Å². The van der Waals surface area contributed by atoms with Crippen LogP contribution in [0.25, 0.3) is 0 Å². The Kier molecular flexibility index (Phi) is 7.40. The molecule has 0 radical (unpaired) electrons. The summed E-state index contributed by atoms with van der Waals surface area (Å²) in [4.78, 5) is 11.3. The number of hydrogen-bond acceptors (Lipinski definition) is 4. The van der Waals surface area contributed by atoms with E-state index in [9.17, 15) is 13.2 Å². The largest absolute Gasteiger partial charge is 0.378 e. The molecule has 0 atom stereocenters. The third kappa shape index (κ3) is 6.41. The van der Waals surface area contributed by atoms with Crippen molar-refractivity contribution in [1.29, 1.82) is 0 Å². The quantitative estimate of drug-likeness (QED) is 0.691. The first-order valence-electron chi connectivity index (χ1n) is 8.88. The minimum atomic E-state index is -3.61. The summed E-state index contributed by atoms with van der Waals surface area (Å²) in [6.45, 7) is 4.02. The van der Waals surface area contributed by atoms with Gasteiger partial charge >= 0.3 is 0 Å². The van der Waals surface area contributed by atoms with E-state index in [2.05, 4.69) is 10.0 Å². The van der Waals surface area contributed by atoms with Gasteiger partial charge in [-0.1, -0.05) is 25.3 Å². The van der Waals surface area contributed by atoms with Crippen LogP contribution in [0.5, 0.6) is 0 Å². The minimum absolute atomic E-state index is 0.187. The summed E-state index contributed by atoms with van der Waals surface area (Å²) >= 11 is 0. The van der Waals surface area contributed by atoms with Crippen LogP contribution in [0, 0.1) is 6.92 Å². The molecule has 0 saturated heterocycles. The van der Waals surface area contributed by atoms with Gasteiger partial charge in [-0.2, -0.15) is 0 Å². The second-order valence-corrected chi connectivity index (χ2v) is 8.28. The van der Waals surface area contributed by atoms with Crippen LogP contribution in [0.3, 0.4) is 0 Å². The van der Waals surface area contributed by atoms with Gasteiger partial charge in [-0.05, 0) is 43.9 Å². The lowest BCUT2D eigenvalue weighted by Crippen LogP contribution is -2.27. The van der Waals surface area contributed by atoms with Crippen LogP contribution in [0.1, 0.15) is 51.0 Å². The van der Waals surface area contributed by atoms with Gasteiger partial charge in [0.1, 0.15) is 0 Å². The second-order valence-electron chi connectivity index (χ2n) is 6.54. The van der Waals surface area contributed by atoms with Gasteiger partial charge < -0.3 is 10.1 Å². The van der Waals surface area contributed by atoms with E-state index in [1.807, 2.05) is 0 Å². The van der Waals surface area contributed by atoms with Crippen LogP contribution in [0.4, 0.5) is 5.69 Å². The Morgan fingerprint density at radius 3 is 2.64 bits per heavy atom. The fourth-order valence-corrected chi connectivity index (χ4v) is 4.35. The molecule has 2 N–H and O–H groups in total. The van der Waals surface area contributed by atoms with Gasteiger partial charge in [-0.3, -0.25) is 4.79 Å². The standard InChI is InChI=1S/C18H28N2O4S/c1-14-9-10-16(20-15(2)21)13-18(14)25(22,23)19-11-6-12-24-17-7-4-3-5-8-17/h9-10,13,17,19H,3-8,11-12H2,1-2H3,(H,20,21). The van der Waals surface area contributed by atoms with Crippen molar-refractivity contribution >= 4 is 21.6 Å². The van der Waals surface area contributed by atoms with E-state index in [1.165, 1.54) is 32.3 Å². The highest BCUT2D eigenvalue weighted by atomic mass is 32.2. The lowest BCUT2D eigenvalue weighted by atomic mass is 9.98. The molecule has 25 heavy (non-hydrogen) atoms.